The lowest BCUT2D eigenvalue weighted by Gasteiger charge is -2.56. The van der Waals surface area contributed by atoms with Crippen molar-refractivity contribution in [3.8, 4) is 0 Å². The van der Waals surface area contributed by atoms with Gasteiger partial charge in [-0.2, -0.15) is 5.10 Å². The summed E-state index contributed by atoms with van der Waals surface area (Å²) in [5.41, 5.74) is -0.0773. The normalized spacial score (nSPS) is 33.7. The topological polar surface area (TPSA) is 90.5 Å². The smallest absolute Gasteiger partial charge is 0.321 e. The average molecular weight is 427 g/mol. The fraction of sp³-hybridized carbons (Fsp3) is 0.739. The molecule has 2 N–H and O–H groups in total. The minimum Gasteiger partial charge on any atom is -0.351 e. The molecule has 0 spiro atoms. The van der Waals surface area contributed by atoms with Gasteiger partial charge in [0.1, 0.15) is 0 Å². The Balaban J connectivity index is 1.10. The van der Waals surface area contributed by atoms with Crippen molar-refractivity contribution in [1.82, 2.24) is 25.7 Å². The first-order valence-electron chi connectivity index (χ1n) is 11.8. The number of carbonyl (C=O) groups excluding carboxylic acids is 2. The van der Waals surface area contributed by atoms with Crippen molar-refractivity contribution in [1.29, 1.82) is 0 Å². The Morgan fingerprint density at radius 3 is 2.55 bits per heavy atom. The monoisotopic (exact) mass is 426 g/mol. The predicted octanol–water partition coefficient (Wildman–Crippen LogP) is 2.17. The molecule has 6 rings (SSSR count). The van der Waals surface area contributed by atoms with Gasteiger partial charge in [0.15, 0.2) is 5.82 Å². The second-order valence-corrected chi connectivity index (χ2v) is 10.5. The van der Waals surface area contributed by atoms with Crippen molar-refractivity contribution in [3.05, 3.63) is 18.3 Å². The summed E-state index contributed by atoms with van der Waals surface area (Å²) in [6.45, 7) is 1.91. The SMILES string of the molecule is CN(CC(=O)NC(=O)NC12CC3CC(CC(C3)C1)C2)CC1CCCN1c1cccnn1. The minimum atomic E-state index is -0.317. The van der Waals surface area contributed by atoms with E-state index in [0.29, 0.717) is 6.04 Å². The predicted molar refractivity (Wildman–Crippen MR) is 117 cm³/mol. The molecule has 168 valence electrons. The third-order valence-electron chi connectivity index (χ3n) is 7.84. The molecule has 5 fully saturated rings. The highest BCUT2D eigenvalue weighted by Crippen LogP contribution is 2.55. The summed E-state index contributed by atoms with van der Waals surface area (Å²) < 4.78 is 0. The first-order chi connectivity index (χ1) is 15.0. The lowest BCUT2D eigenvalue weighted by molar-refractivity contribution is -0.121. The van der Waals surface area contributed by atoms with E-state index in [1.54, 1.807) is 6.20 Å². The van der Waals surface area contributed by atoms with E-state index in [9.17, 15) is 9.59 Å². The number of amides is 3. The molecule has 5 aliphatic rings. The van der Waals surface area contributed by atoms with Crippen LogP contribution in [-0.4, -0.2) is 65.3 Å². The molecular formula is C23H34N6O2. The Morgan fingerprint density at radius 1 is 1.19 bits per heavy atom. The van der Waals surface area contributed by atoms with Crippen LogP contribution in [0.25, 0.3) is 0 Å². The number of imide groups is 1. The van der Waals surface area contributed by atoms with Crippen LogP contribution in [0.5, 0.6) is 0 Å². The molecular weight excluding hydrogens is 392 g/mol. The van der Waals surface area contributed by atoms with Crippen molar-refractivity contribution in [3.63, 3.8) is 0 Å². The summed E-state index contributed by atoms with van der Waals surface area (Å²) >= 11 is 0. The van der Waals surface area contributed by atoms with Gasteiger partial charge in [-0.1, -0.05) is 0 Å². The molecule has 4 bridgehead atoms. The summed E-state index contributed by atoms with van der Waals surface area (Å²) in [7, 11) is 1.93. The number of nitrogens with zero attached hydrogens (tertiary/aromatic N) is 4. The number of likely N-dealkylation sites (N-methyl/N-ethyl adjacent to an activating group) is 1. The summed E-state index contributed by atoms with van der Waals surface area (Å²) in [4.78, 5) is 29.4. The molecule has 1 aromatic heterocycles. The molecule has 1 unspecified atom stereocenters. The summed E-state index contributed by atoms with van der Waals surface area (Å²) in [6, 6.07) is 3.86. The number of urea groups is 1. The first kappa shape index (κ1) is 20.7. The lowest BCUT2D eigenvalue weighted by atomic mass is 9.53. The minimum absolute atomic E-state index is 0.0773. The Kier molecular flexibility index (Phi) is 5.58. The molecule has 4 aliphatic carbocycles. The number of hydrogen-bond acceptors (Lipinski definition) is 6. The number of hydrogen-bond donors (Lipinski definition) is 2. The van der Waals surface area contributed by atoms with Gasteiger partial charge in [-0.3, -0.25) is 15.0 Å². The summed E-state index contributed by atoms with van der Waals surface area (Å²) in [5, 5.41) is 14.0. The van der Waals surface area contributed by atoms with Crippen molar-refractivity contribution >= 4 is 17.8 Å². The van der Waals surface area contributed by atoms with Gasteiger partial charge in [-0.25, -0.2) is 4.79 Å². The van der Waals surface area contributed by atoms with Crippen LogP contribution in [0.15, 0.2) is 18.3 Å². The number of carbonyl (C=O) groups is 2. The summed E-state index contributed by atoms with van der Waals surface area (Å²) in [6.07, 6.45) is 11.1. The Morgan fingerprint density at radius 2 is 1.90 bits per heavy atom. The van der Waals surface area contributed by atoms with Gasteiger partial charge < -0.3 is 10.2 Å². The largest absolute Gasteiger partial charge is 0.351 e. The molecule has 1 aliphatic heterocycles. The third-order valence-corrected chi connectivity index (χ3v) is 7.84. The lowest BCUT2D eigenvalue weighted by Crippen LogP contribution is -2.62. The van der Waals surface area contributed by atoms with Crippen LogP contribution in [0, 0.1) is 17.8 Å². The fourth-order valence-electron chi connectivity index (χ4n) is 7.15. The zero-order valence-electron chi connectivity index (χ0n) is 18.4. The Labute approximate surface area is 184 Å². The molecule has 3 amide bonds. The van der Waals surface area contributed by atoms with E-state index in [-0.39, 0.29) is 24.0 Å². The Bertz CT molecular complexity index is 780. The van der Waals surface area contributed by atoms with E-state index in [1.807, 2.05) is 24.1 Å². The van der Waals surface area contributed by atoms with Gasteiger partial charge in [0, 0.05) is 30.9 Å². The van der Waals surface area contributed by atoms with Crippen LogP contribution in [0.4, 0.5) is 10.6 Å². The molecule has 1 aromatic rings. The number of nitrogens with one attached hydrogen (secondary N) is 2. The van der Waals surface area contributed by atoms with Gasteiger partial charge in [-0.15, -0.1) is 5.10 Å². The zero-order valence-corrected chi connectivity index (χ0v) is 18.4. The molecule has 8 nitrogen and oxygen atoms in total. The van der Waals surface area contributed by atoms with Gasteiger partial charge in [0.25, 0.3) is 0 Å². The van der Waals surface area contributed by atoms with E-state index in [0.717, 1.165) is 68.8 Å². The quantitative estimate of drug-likeness (QED) is 0.725. The highest BCUT2D eigenvalue weighted by atomic mass is 16.2. The third kappa shape index (κ3) is 4.54. The van der Waals surface area contributed by atoms with Crippen molar-refractivity contribution in [2.45, 2.75) is 62.9 Å². The molecule has 2 heterocycles. The van der Waals surface area contributed by atoms with Gasteiger partial charge in [0.05, 0.1) is 6.54 Å². The molecule has 0 radical (unpaired) electrons. The van der Waals surface area contributed by atoms with Gasteiger partial charge in [-0.05, 0) is 88.3 Å². The standard InChI is InChI=1S/C23H34N6O2/c1-28(14-19-4-3-7-29(19)20-5-2-6-24-27-20)15-21(30)25-22(31)26-23-11-16-8-17(12-23)10-18(9-16)13-23/h2,5-6,16-19H,3-4,7-15H2,1H3,(H2,25,26,30,31). The number of rotatable bonds is 6. The van der Waals surface area contributed by atoms with Crippen LogP contribution < -0.4 is 15.5 Å². The van der Waals surface area contributed by atoms with Crippen LogP contribution in [0.3, 0.4) is 0 Å². The first-order valence-corrected chi connectivity index (χ1v) is 11.8. The number of anilines is 1. The van der Waals surface area contributed by atoms with Crippen LogP contribution in [0.2, 0.25) is 0 Å². The maximum atomic E-state index is 12.6. The van der Waals surface area contributed by atoms with E-state index in [2.05, 4.69) is 25.7 Å². The van der Waals surface area contributed by atoms with E-state index >= 15 is 0 Å². The van der Waals surface area contributed by atoms with Crippen LogP contribution in [0.1, 0.15) is 51.4 Å². The van der Waals surface area contributed by atoms with Crippen molar-refractivity contribution in [2.24, 2.45) is 17.8 Å². The maximum absolute atomic E-state index is 12.6. The zero-order chi connectivity index (χ0) is 21.4. The van der Waals surface area contributed by atoms with E-state index in [4.69, 9.17) is 0 Å². The molecule has 4 saturated carbocycles. The fourth-order valence-corrected chi connectivity index (χ4v) is 7.15. The highest BCUT2D eigenvalue weighted by Gasteiger charge is 2.51. The van der Waals surface area contributed by atoms with Crippen LogP contribution >= 0.6 is 0 Å². The van der Waals surface area contributed by atoms with Gasteiger partial charge in [0.2, 0.25) is 5.91 Å². The summed E-state index contributed by atoms with van der Waals surface area (Å²) in [5.74, 6) is 2.93. The molecule has 1 saturated heterocycles. The average Bonchev–Trinajstić information content (AvgIpc) is 3.14. The Hall–Kier alpha value is -2.22. The molecule has 0 aromatic carbocycles. The maximum Gasteiger partial charge on any atom is 0.321 e. The van der Waals surface area contributed by atoms with Gasteiger partial charge >= 0.3 is 6.03 Å². The highest BCUT2D eigenvalue weighted by molar-refractivity contribution is 5.95. The number of aromatic nitrogens is 2. The second kappa shape index (κ2) is 8.37. The van der Waals surface area contributed by atoms with Crippen molar-refractivity contribution < 1.29 is 9.59 Å². The molecule has 1 atom stereocenters. The van der Waals surface area contributed by atoms with Crippen LogP contribution in [-0.2, 0) is 4.79 Å². The van der Waals surface area contributed by atoms with E-state index < -0.39 is 0 Å². The second-order valence-electron chi connectivity index (χ2n) is 10.5. The molecule has 31 heavy (non-hydrogen) atoms. The van der Waals surface area contributed by atoms with Crippen molar-refractivity contribution in [2.75, 3.05) is 31.6 Å². The van der Waals surface area contributed by atoms with E-state index in [1.165, 1.54) is 19.3 Å². The molecule has 8 heteroatoms.